The third-order valence-electron chi connectivity index (χ3n) is 2.36. The van der Waals surface area contributed by atoms with Gasteiger partial charge in [-0.25, -0.2) is 0 Å². The number of nitrogens with zero attached hydrogens (tertiary/aromatic N) is 1. The first-order valence-corrected chi connectivity index (χ1v) is 5.93. The van der Waals surface area contributed by atoms with Crippen LogP contribution < -0.4 is 0 Å². The monoisotopic (exact) mass is 289 g/mol. The number of carbonyl (C=O) groups is 1. The number of halogens is 1. The van der Waals surface area contributed by atoms with Crippen LogP contribution in [0.3, 0.4) is 0 Å². The highest BCUT2D eigenvalue weighted by molar-refractivity contribution is 9.10. The van der Waals surface area contributed by atoms with Gasteiger partial charge in [0.05, 0.1) is 18.2 Å². The van der Waals surface area contributed by atoms with Crippen LogP contribution in [-0.4, -0.2) is 37.1 Å². The highest BCUT2D eigenvalue weighted by Crippen LogP contribution is 2.16. The fourth-order valence-corrected chi connectivity index (χ4v) is 1.91. The third-order valence-corrected chi connectivity index (χ3v) is 2.77. The van der Waals surface area contributed by atoms with Crippen molar-refractivity contribution in [2.24, 2.45) is 0 Å². The van der Waals surface area contributed by atoms with E-state index in [9.17, 15) is 4.79 Å². The summed E-state index contributed by atoms with van der Waals surface area (Å²) in [7, 11) is 1.63. The van der Waals surface area contributed by atoms with E-state index in [1.165, 1.54) is 6.26 Å². The molecule has 0 N–H and O–H groups in total. The predicted octanol–water partition coefficient (Wildman–Crippen LogP) is 2.54. The second-order valence-corrected chi connectivity index (χ2v) is 4.32. The minimum Gasteiger partial charge on any atom is -0.457 e. The van der Waals surface area contributed by atoms with Crippen LogP contribution in [0.2, 0.25) is 0 Å². The molecule has 0 saturated carbocycles. The Morgan fingerprint density at radius 1 is 1.69 bits per heavy atom. The van der Waals surface area contributed by atoms with Crippen molar-refractivity contribution in [1.29, 1.82) is 0 Å². The molecule has 0 unspecified atom stereocenters. The zero-order valence-corrected chi connectivity index (χ0v) is 11.3. The molecule has 1 atom stereocenters. The van der Waals surface area contributed by atoms with Crippen molar-refractivity contribution in [3.63, 3.8) is 0 Å². The summed E-state index contributed by atoms with van der Waals surface area (Å²) in [6.45, 7) is 5.07. The van der Waals surface area contributed by atoms with Crippen molar-refractivity contribution in [1.82, 2.24) is 4.90 Å². The molecular formula is C11H16BrNO3. The lowest BCUT2D eigenvalue weighted by Crippen LogP contribution is -2.40. The van der Waals surface area contributed by atoms with Crippen molar-refractivity contribution in [2.45, 2.75) is 19.9 Å². The van der Waals surface area contributed by atoms with Gasteiger partial charge >= 0.3 is 0 Å². The Morgan fingerprint density at radius 2 is 2.38 bits per heavy atom. The molecule has 4 nitrogen and oxygen atoms in total. The Morgan fingerprint density at radius 3 is 2.81 bits per heavy atom. The van der Waals surface area contributed by atoms with E-state index in [1.807, 2.05) is 13.8 Å². The second kappa shape index (κ2) is 6.06. The normalized spacial score (nSPS) is 12.5. The lowest BCUT2D eigenvalue weighted by atomic mass is 10.2. The molecule has 16 heavy (non-hydrogen) atoms. The number of rotatable bonds is 5. The number of hydrogen-bond donors (Lipinski definition) is 0. The first-order chi connectivity index (χ1) is 7.60. The fraction of sp³-hybridized carbons (Fsp3) is 0.545. The van der Waals surface area contributed by atoms with Crippen LogP contribution in [0.25, 0.3) is 0 Å². The van der Waals surface area contributed by atoms with Crippen LogP contribution in [0.1, 0.15) is 24.2 Å². The average molecular weight is 290 g/mol. The Labute approximate surface area is 104 Å². The number of likely N-dealkylation sites (N-methyl/N-ethyl adjacent to an activating group) is 1. The molecule has 0 spiro atoms. The van der Waals surface area contributed by atoms with E-state index in [2.05, 4.69) is 15.9 Å². The minimum atomic E-state index is -0.0403. The highest BCUT2D eigenvalue weighted by Gasteiger charge is 2.21. The van der Waals surface area contributed by atoms with Crippen LogP contribution in [0.5, 0.6) is 0 Å². The lowest BCUT2D eigenvalue weighted by molar-refractivity contribution is 0.0578. The number of ether oxygens (including phenoxy) is 1. The van der Waals surface area contributed by atoms with Crippen molar-refractivity contribution in [3.8, 4) is 0 Å². The standard InChI is InChI=1S/C11H16BrNO3/c1-4-13(8(2)6-15-3)11(14)9-5-10(12)16-7-9/h5,7-8H,4,6H2,1-3H3/t8-/m1/s1. The van der Waals surface area contributed by atoms with Gasteiger partial charge in [-0.2, -0.15) is 0 Å². The zero-order chi connectivity index (χ0) is 12.1. The first kappa shape index (κ1) is 13.3. The van der Waals surface area contributed by atoms with Gasteiger partial charge in [-0.3, -0.25) is 4.79 Å². The largest absolute Gasteiger partial charge is 0.457 e. The van der Waals surface area contributed by atoms with Crippen molar-refractivity contribution < 1.29 is 13.9 Å². The van der Waals surface area contributed by atoms with E-state index < -0.39 is 0 Å². The summed E-state index contributed by atoms with van der Waals surface area (Å²) in [6.07, 6.45) is 1.45. The Balaban J connectivity index is 2.77. The van der Waals surface area contributed by atoms with Gasteiger partial charge in [-0.1, -0.05) is 0 Å². The molecule has 1 heterocycles. The number of carbonyl (C=O) groups excluding carboxylic acids is 1. The van der Waals surface area contributed by atoms with Crippen LogP contribution in [0.15, 0.2) is 21.4 Å². The number of amides is 1. The molecule has 0 aliphatic heterocycles. The van der Waals surface area contributed by atoms with Crippen molar-refractivity contribution in [2.75, 3.05) is 20.3 Å². The molecule has 0 bridgehead atoms. The van der Waals surface area contributed by atoms with Gasteiger partial charge < -0.3 is 14.1 Å². The number of hydrogen-bond acceptors (Lipinski definition) is 3. The average Bonchev–Trinajstić information content (AvgIpc) is 2.66. The van der Waals surface area contributed by atoms with Gasteiger partial charge in [0.15, 0.2) is 4.67 Å². The van der Waals surface area contributed by atoms with E-state index in [-0.39, 0.29) is 11.9 Å². The summed E-state index contributed by atoms with van der Waals surface area (Å²) in [5.74, 6) is -0.0403. The van der Waals surface area contributed by atoms with Gasteiger partial charge in [0.1, 0.15) is 6.26 Å². The molecule has 0 saturated heterocycles. The van der Waals surface area contributed by atoms with Gasteiger partial charge in [0.2, 0.25) is 0 Å². The van der Waals surface area contributed by atoms with Gasteiger partial charge in [0, 0.05) is 19.7 Å². The Kier molecular flexibility index (Phi) is 5.02. The molecule has 0 fully saturated rings. The smallest absolute Gasteiger partial charge is 0.257 e. The third kappa shape index (κ3) is 3.09. The second-order valence-electron chi connectivity index (χ2n) is 3.54. The van der Waals surface area contributed by atoms with Gasteiger partial charge in [0.25, 0.3) is 5.91 Å². The maximum absolute atomic E-state index is 12.1. The maximum Gasteiger partial charge on any atom is 0.257 e. The molecule has 0 aliphatic carbocycles. The number of methoxy groups -OCH3 is 1. The zero-order valence-electron chi connectivity index (χ0n) is 9.70. The molecule has 1 aromatic rings. The van der Waals surface area contributed by atoms with E-state index in [0.717, 1.165) is 0 Å². The van der Waals surface area contributed by atoms with E-state index >= 15 is 0 Å². The molecule has 0 aromatic carbocycles. The summed E-state index contributed by atoms with van der Waals surface area (Å²) in [6, 6.07) is 1.72. The van der Waals surface area contributed by atoms with Crippen LogP contribution in [0.4, 0.5) is 0 Å². The fourth-order valence-electron chi connectivity index (χ4n) is 1.57. The molecule has 1 rings (SSSR count). The maximum atomic E-state index is 12.1. The van der Waals surface area contributed by atoms with Crippen molar-refractivity contribution in [3.05, 3.63) is 22.6 Å². The molecule has 90 valence electrons. The summed E-state index contributed by atoms with van der Waals surface area (Å²) < 4.78 is 10.7. The molecular weight excluding hydrogens is 274 g/mol. The molecule has 1 amide bonds. The van der Waals surface area contributed by atoms with E-state index in [4.69, 9.17) is 9.15 Å². The molecule has 0 radical (unpaired) electrons. The summed E-state index contributed by atoms with van der Waals surface area (Å²) in [5, 5.41) is 0. The summed E-state index contributed by atoms with van der Waals surface area (Å²) >= 11 is 3.18. The highest BCUT2D eigenvalue weighted by atomic mass is 79.9. The SMILES string of the molecule is CCN(C(=O)c1coc(Br)c1)[C@H](C)COC. The van der Waals surface area contributed by atoms with Crippen LogP contribution in [0, 0.1) is 0 Å². The predicted molar refractivity (Wildman–Crippen MR) is 64.5 cm³/mol. The topological polar surface area (TPSA) is 42.7 Å². The summed E-state index contributed by atoms with van der Waals surface area (Å²) in [4.78, 5) is 13.8. The number of furan rings is 1. The van der Waals surface area contributed by atoms with Crippen LogP contribution >= 0.6 is 15.9 Å². The first-order valence-electron chi connectivity index (χ1n) is 5.14. The Hall–Kier alpha value is -0.810. The molecule has 1 aromatic heterocycles. The van der Waals surface area contributed by atoms with E-state index in [1.54, 1.807) is 18.1 Å². The van der Waals surface area contributed by atoms with E-state index in [0.29, 0.717) is 23.4 Å². The quantitative estimate of drug-likeness (QED) is 0.837. The molecule has 0 aliphatic rings. The van der Waals surface area contributed by atoms with Crippen molar-refractivity contribution >= 4 is 21.8 Å². The van der Waals surface area contributed by atoms with Gasteiger partial charge in [-0.15, -0.1) is 0 Å². The van der Waals surface area contributed by atoms with Gasteiger partial charge in [-0.05, 0) is 29.8 Å². The Bertz CT molecular complexity index is 351. The van der Waals surface area contributed by atoms with Crippen LogP contribution in [-0.2, 0) is 4.74 Å². The molecule has 5 heteroatoms. The summed E-state index contributed by atoms with van der Waals surface area (Å²) in [5.41, 5.74) is 0.552. The minimum absolute atomic E-state index is 0.0403. The lowest BCUT2D eigenvalue weighted by Gasteiger charge is -2.26.